The summed E-state index contributed by atoms with van der Waals surface area (Å²) in [5, 5.41) is 1.16. The van der Waals surface area contributed by atoms with Gasteiger partial charge in [0.15, 0.2) is 5.82 Å². The molecule has 3 heterocycles. The van der Waals surface area contributed by atoms with Crippen LogP contribution in [0.25, 0.3) is 21.9 Å². The third kappa shape index (κ3) is 2.78. The standard InChI is InChI=1S/C23H25N5/c1-15-5-7-20(17(3)12-15)27-8-10-28(11-9-27)23-22-21(24-14-25-23)18-6-4-16(2)13-19(18)26-22/h4-7,12-14,26H,8-11H2,1-3H3. The molecule has 1 aliphatic heterocycles. The van der Waals surface area contributed by atoms with Crippen LogP contribution in [-0.4, -0.2) is 41.1 Å². The number of rotatable bonds is 2. The van der Waals surface area contributed by atoms with Crippen LogP contribution >= 0.6 is 0 Å². The van der Waals surface area contributed by atoms with E-state index in [-0.39, 0.29) is 0 Å². The van der Waals surface area contributed by atoms with Gasteiger partial charge in [0.1, 0.15) is 17.4 Å². The predicted octanol–water partition coefficient (Wildman–Crippen LogP) is 4.36. The van der Waals surface area contributed by atoms with Gasteiger partial charge in [-0.3, -0.25) is 0 Å². The Morgan fingerprint density at radius 3 is 2.32 bits per heavy atom. The fourth-order valence-electron chi connectivity index (χ4n) is 4.36. The Labute approximate surface area is 165 Å². The van der Waals surface area contributed by atoms with Crippen molar-refractivity contribution in [3.63, 3.8) is 0 Å². The first-order valence-electron chi connectivity index (χ1n) is 9.90. The number of H-pyrrole nitrogens is 1. The zero-order valence-corrected chi connectivity index (χ0v) is 16.7. The molecule has 0 amide bonds. The molecule has 0 aliphatic carbocycles. The summed E-state index contributed by atoms with van der Waals surface area (Å²) in [5.41, 5.74) is 8.45. The number of piperazine rings is 1. The van der Waals surface area contributed by atoms with Crippen molar-refractivity contribution in [2.75, 3.05) is 36.0 Å². The van der Waals surface area contributed by atoms with Crippen molar-refractivity contribution in [1.29, 1.82) is 0 Å². The summed E-state index contributed by atoms with van der Waals surface area (Å²) in [6.45, 7) is 10.4. The molecule has 0 spiro atoms. The van der Waals surface area contributed by atoms with Gasteiger partial charge >= 0.3 is 0 Å². The van der Waals surface area contributed by atoms with Crippen molar-refractivity contribution in [2.24, 2.45) is 0 Å². The van der Waals surface area contributed by atoms with Gasteiger partial charge in [-0.05, 0) is 44.0 Å². The topological polar surface area (TPSA) is 48.1 Å². The predicted molar refractivity (Wildman–Crippen MR) is 116 cm³/mol. The molecule has 5 rings (SSSR count). The number of aromatic amines is 1. The molecule has 2 aromatic heterocycles. The monoisotopic (exact) mass is 371 g/mol. The number of aromatic nitrogens is 3. The molecule has 1 fully saturated rings. The molecule has 2 aromatic carbocycles. The molecule has 142 valence electrons. The number of hydrogen-bond donors (Lipinski definition) is 1. The largest absolute Gasteiger partial charge is 0.368 e. The van der Waals surface area contributed by atoms with Crippen LogP contribution in [0.3, 0.4) is 0 Å². The van der Waals surface area contributed by atoms with E-state index in [1.807, 2.05) is 0 Å². The summed E-state index contributed by atoms with van der Waals surface area (Å²) < 4.78 is 0. The second-order valence-corrected chi connectivity index (χ2v) is 7.86. The third-order valence-electron chi connectivity index (χ3n) is 5.79. The Morgan fingerprint density at radius 2 is 1.54 bits per heavy atom. The van der Waals surface area contributed by atoms with Crippen LogP contribution in [0.2, 0.25) is 0 Å². The van der Waals surface area contributed by atoms with E-state index in [4.69, 9.17) is 0 Å². The van der Waals surface area contributed by atoms with Gasteiger partial charge in [0.2, 0.25) is 0 Å². The molecule has 5 nitrogen and oxygen atoms in total. The number of nitrogens with zero attached hydrogens (tertiary/aromatic N) is 4. The minimum atomic E-state index is 0.952. The summed E-state index contributed by atoms with van der Waals surface area (Å²) >= 11 is 0. The van der Waals surface area contributed by atoms with Crippen molar-refractivity contribution in [3.8, 4) is 0 Å². The molecule has 0 atom stereocenters. The molecule has 1 aliphatic rings. The second kappa shape index (κ2) is 6.51. The maximum atomic E-state index is 4.64. The van der Waals surface area contributed by atoms with E-state index >= 15 is 0 Å². The lowest BCUT2D eigenvalue weighted by atomic mass is 10.1. The van der Waals surface area contributed by atoms with Crippen molar-refractivity contribution in [3.05, 3.63) is 59.4 Å². The maximum Gasteiger partial charge on any atom is 0.156 e. The average molecular weight is 371 g/mol. The van der Waals surface area contributed by atoms with Crippen LogP contribution in [0, 0.1) is 20.8 Å². The van der Waals surface area contributed by atoms with Crippen molar-refractivity contribution < 1.29 is 0 Å². The summed E-state index contributed by atoms with van der Waals surface area (Å²) in [6.07, 6.45) is 1.70. The quantitative estimate of drug-likeness (QED) is 0.569. The Morgan fingerprint density at radius 1 is 0.821 bits per heavy atom. The van der Waals surface area contributed by atoms with Crippen LogP contribution in [0.15, 0.2) is 42.7 Å². The van der Waals surface area contributed by atoms with Gasteiger partial charge in [-0.25, -0.2) is 9.97 Å². The highest BCUT2D eigenvalue weighted by molar-refractivity contribution is 6.08. The van der Waals surface area contributed by atoms with Crippen LogP contribution in [0.1, 0.15) is 16.7 Å². The van der Waals surface area contributed by atoms with E-state index < -0.39 is 0 Å². The Bertz CT molecular complexity index is 1170. The van der Waals surface area contributed by atoms with E-state index in [9.17, 15) is 0 Å². The Kier molecular flexibility index (Phi) is 3.97. The van der Waals surface area contributed by atoms with Gasteiger partial charge in [-0.2, -0.15) is 0 Å². The first kappa shape index (κ1) is 17.0. The summed E-state index contributed by atoms with van der Waals surface area (Å²) in [7, 11) is 0. The number of hydrogen-bond acceptors (Lipinski definition) is 4. The van der Waals surface area contributed by atoms with Crippen LogP contribution in [-0.2, 0) is 0 Å². The van der Waals surface area contributed by atoms with Crippen LogP contribution in [0.4, 0.5) is 11.5 Å². The zero-order valence-electron chi connectivity index (χ0n) is 16.7. The number of benzene rings is 2. The molecule has 0 bridgehead atoms. The molecule has 0 saturated carbocycles. The van der Waals surface area contributed by atoms with E-state index in [2.05, 4.69) is 81.9 Å². The van der Waals surface area contributed by atoms with Gasteiger partial charge in [-0.15, -0.1) is 0 Å². The maximum absolute atomic E-state index is 4.64. The lowest BCUT2D eigenvalue weighted by Gasteiger charge is -2.37. The van der Waals surface area contributed by atoms with Crippen molar-refractivity contribution in [2.45, 2.75) is 20.8 Å². The first-order valence-corrected chi connectivity index (χ1v) is 9.90. The summed E-state index contributed by atoms with van der Waals surface area (Å²) in [5.74, 6) is 1.01. The van der Waals surface area contributed by atoms with Gasteiger partial charge in [-0.1, -0.05) is 29.8 Å². The molecule has 0 unspecified atom stereocenters. The van der Waals surface area contributed by atoms with Gasteiger partial charge < -0.3 is 14.8 Å². The molecule has 28 heavy (non-hydrogen) atoms. The Balaban J connectivity index is 1.45. The minimum Gasteiger partial charge on any atom is -0.368 e. The van der Waals surface area contributed by atoms with E-state index in [1.54, 1.807) is 6.33 Å². The zero-order chi connectivity index (χ0) is 19.3. The number of fused-ring (bicyclic) bond motifs is 3. The highest BCUT2D eigenvalue weighted by Gasteiger charge is 2.22. The molecule has 1 saturated heterocycles. The number of anilines is 2. The number of nitrogens with one attached hydrogen (secondary N) is 1. The number of aryl methyl sites for hydroxylation is 3. The van der Waals surface area contributed by atoms with Gasteiger partial charge in [0.05, 0.1) is 0 Å². The van der Waals surface area contributed by atoms with Crippen molar-refractivity contribution in [1.82, 2.24) is 15.0 Å². The van der Waals surface area contributed by atoms with Gasteiger partial charge in [0.25, 0.3) is 0 Å². The lowest BCUT2D eigenvalue weighted by molar-refractivity contribution is 0.647. The highest BCUT2D eigenvalue weighted by atomic mass is 15.3. The van der Waals surface area contributed by atoms with Crippen LogP contribution < -0.4 is 9.80 Å². The average Bonchev–Trinajstić information content (AvgIpc) is 3.06. The van der Waals surface area contributed by atoms with E-state index in [0.29, 0.717) is 0 Å². The fourth-order valence-corrected chi connectivity index (χ4v) is 4.36. The molecule has 1 N–H and O–H groups in total. The molecule has 5 heteroatoms. The molecular weight excluding hydrogens is 346 g/mol. The van der Waals surface area contributed by atoms with Crippen LogP contribution in [0.5, 0.6) is 0 Å². The smallest absolute Gasteiger partial charge is 0.156 e. The fraction of sp³-hybridized carbons (Fsp3) is 0.304. The molecule has 0 radical (unpaired) electrons. The second-order valence-electron chi connectivity index (χ2n) is 7.86. The molecule has 4 aromatic rings. The summed E-state index contributed by atoms with van der Waals surface area (Å²) in [4.78, 5) is 17.6. The SMILES string of the molecule is Cc1ccc(N2CCN(c3ncnc4c3[nH]c3cc(C)ccc34)CC2)c(C)c1. The molecular formula is C23H25N5. The summed E-state index contributed by atoms with van der Waals surface area (Å²) in [6, 6.07) is 13.2. The lowest BCUT2D eigenvalue weighted by Crippen LogP contribution is -2.47. The van der Waals surface area contributed by atoms with E-state index in [0.717, 1.165) is 53.9 Å². The minimum absolute atomic E-state index is 0.952. The highest BCUT2D eigenvalue weighted by Crippen LogP contribution is 2.31. The van der Waals surface area contributed by atoms with Gasteiger partial charge in [0, 0.05) is 42.8 Å². The third-order valence-corrected chi connectivity index (χ3v) is 5.79. The normalized spacial score (nSPS) is 15.0. The van der Waals surface area contributed by atoms with E-state index in [1.165, 1.54) is 22.4 Å². The van der Waals surface area contributed by atoms with Crippen molar-refractivity contribution >= 4 is 33.4 Å². The Hall–Kier alpha value is -3.08. The first-order chi connectivity index (χ1) is 13.6.